The molecule has 8 heteroatoms. The van der Waals surface area contributed by atoms with E-state index in [1.165, 1.54) is 24.3 Å². The Balaban J connectivity index is 1.56. The number of rotatable bonds is 5. The number of hydrogen-bond donors (Lipinski definition) is 2. The molecule has 3 rings (SSSR count). The fourth-order valence-corrected chi connectivity index (χ4v) is 3.03. The molecule has 0 aromatic heterocycles. The highest BCUT2D eigenvalue weighted by atomic mass is 32.1. The van der Waals surface area contributed by atoms with Gasteiger partial charge in [-0.15, -0.1) is 13.2 Å². The van der Waals surface area contributed by atoms with Crippen molar-refractivity contribution in [1.29, 1.82) is 0 Å². The van der Waals surface area contributed by atoms with Crippen LogP contribution in [0, 0.1) is 13.8 Å². The van der Waals surface area contributed by atoms with Crippen molar-refractivity contribution in [3.8, 4) is 17.2 Å². The quantitative estimate of drug-likeness (QED) is 0.434. The number of ether oxygens (including phenoxy) is 2. The molecule has 0 atom stereocenters. The summed E-state index contributed by atoms with van der Waals surface area (Å²) in [7, 11) is 0. The maximum atomic E-state index is 12.2. The number of aryl methyl sites for hydroxylation is 2. The smallest absolute Gasteiger partial charge is 0.457 e. The zero-order chi connectivity index (χ0) is 21.7. The normalized spacial score (nSPS) is 11.0. The molecule has 0 aliphatic heterocycles. The maximum Gasteiger partial charge on any atom is 0.573 e. The highest BCUT2D eigenvalue weighted by molar-refractivity contribution is 7.80. The van der Waals surface area contributed by atoms with E-state index in [2.05, 4.69) is 21.4 Å². The minimum absolute atomic E-state index is 0.306. The molecule has 4 nitrogen and oxygen atoms in total. The summed E-state index contributed by atoms with van der Waals surface area (Å²) in [4.78, 5) is 0. The summed E-state index contributed by atoms with van der Waals surface area (Å²) in [6.45, 7) is 4.04. The maximum absolute atomic E-state index is 12.2. The average molecular weight is 432 g/mol. The van der Waals surface area contributed by atoms with Crippen LogP contribution in [0.3, 0.4) is 0 Å². The van der Waals surface area contributed by atoms with Gasteiger partial charge in [0.25, 0.3) is 0 Å². The molecule has 2 N–H and O–H groups in total. The molecule has 0 bridgehead atoms. The summed E-state index contributed by atoms with van der Waals surface area (Å²) in [5.41, 5.74) is 3.95. The Morgan fingerprint density at radius 2 is 1.20 bits per heavy atom. The van der Waals surface area contributed by atoms with Crippen molar-refractivity contribution in [3.63, 3.8) is 0 Å². The Hall–Kier alpha value is -3.26. The Morgan fingerprint density at radius 3 is 1.73 bits per heavy atom. The van der Waals surface area contributed by atoms with Gasteiger partial charge in [0.15, 0.2) is 5.11 Å². The van der Waals surface area contributed by atoms with Crippen LogP contribution in [0.25, 0.3) is 0 Å². The Bertz CT molecular complexity index is 1000. The Labute approximate surface area is 177 Å². The van der Waals surface area contributed by atoms with Crippen molar-refractivity contribution < 1.29 is 22.6 Å². The van der Waals surface area contributed by atoms with Gasteiger partial charge >= 0.3 is 6.36 Å². The zero-order valence-corrected chi connectivity index (χ0v) is 17.0. The Kier molecular flexibility index (Phi) is 6.47. The van der Waals surface area contributed by atoms with Crippen molar-refractivity contribution >= 4 is 28.7 Å². The fraction of sp³-hybridized carbons (Fsp3) is 0.136. The third-order valence-electron chi connectivity index (χ3n) is 3.88. The third kappa shape index (κ3) is 6.66. The van der Waals surface area contributed by atoms with E-state index in [1.54, 1.807) is 24.3 Å². The van der Waals surface area contributed by atoms with Crippen LogP contribution in [-0.4, -0.2) is 11.5 Å². The van der Waals surface area contributed by atoms with Crippen LogP contribution in [-0.2, 0) is 0 Å². The van der Waals surface area contributed by atoms with Crippen molar-refractivity contribution in [1.82, 2.24) is 0 Å². The second kappa shape index (κ2) is 9.04. The topological polar surface area (TPSA) is 42.5 Å². The number of anilines is 2. The van der Waals surface area contributed by atoms with E-state index in [9.17, 15) is 13.2 Å². The molecule has 0 radical (unpaired) electrons. The van der Waals surface area contributed by atoms with Crippen molar-refractivity contribution in [2.75, 3.05) is 10.6 Å². The van der Waals surface area contributed by atoms with Gasteiger partial charge in [-0.05, 0) is 97.9 Å². The molecule has 3 aromatic carbocycles. The first kappa shape index (κ1) is 21.4. The van der Waals surface area contributed by atoms with Gasteiger partial charge in [-0.2, -0.15) is 0 Å². The molecule has 0 aliphatic rings. The first-order valence-corrected chi connectivity index (χ1v) is 9.37. The number of thiocarbonyl (C=S) groups is 1. The molecule has 0 unspecified atom stereocenters. The van der Waals surface area contributed by atoms with E-state index in [-0.39, 0.29) is 5.75 Å². The number of halogens is 3. The monoisotopic (exact) mass is 432 g/mol. The summed E-state index contributed by atoms with van der Waals surface area (Å²) in [6, 6.07) is 18.3. The van der Waals surface area contributed by atoms with E-state index in [1.807, 2.05) is 26.0 Å². The lowest BCUT2D eigenvalue weighted by Gasteiger charge is -2.13. The van der Waals surface area contributed by atoms with E-state index in [0.717, 1.165) is 22.5 Å². The lowest BCUT2D eigenvalue weighted by molar-refractivity contribution is -0.274. The molecule has 0 aliphatic carbocycles. The minimum Gasteiger partial charge on any atom is -0.457 e. The molecule has 0 saturated heterocycles. The van der Waals surface area contributed by atoms with Crippen molar-refractivity contribution in [3.05, 3.63) is 77.9 Å². The van der Waals surface area contributed by atoms with Gasteiger partial charge in [-0.25, -0.2) is 0 Å². The summed E-state index contributed by atoms with van der Waals surface area (Å²) >= 11 is 5.35. The van der Waals surface area contributed by atoms with Crippen LogP contribution >= 0.6 is 12.2 Å². The van der Waals surface area contributed by atoms with Gasteiger partial charge < -0.3 is 20.1 Å². The van der Waals surface area contributed by atoms with Crippen LogP contribution in [0.4, 0.5) is 24.5 Å². The Morgan fingerprint density at radius 1 is 0.733 bits per heavy atom. The van der Waals surface area contributed by atoms with Gasteiger partial charge in [-0.1, -0.05) is 6.07 Å². The average Bonchev–Trinajstić information content (AvgIpc) is 2.63. The van der Waals surface area contributed by atoms with E-state index >= 15 is 0 Å². The van der Waals surface area contributed by atoms with Crippen LogP contribution in [0.5, 0.6) is 17.2 Å². The molecule has 30 heavy (non-hydrogen) atoms. The predicted octanol–water partition coefficient (Wildman–Crippen LogP) is 6.80. The number of hydrogen-bond acceptors (Lipinski definition) is 3. The van der Waals surface area contributed by atoms with Gasteiger partial charge in [-0.3, -0.25) is 0 Å². The molecular formula is C22H19F3N2O2S. The van der Waals surface area contributed by atoms with Gasteiger partial charge in [0, 0.05) is 11.4 Å². The van der Waals surface area contributed by atoms with Crippen molar-refractivity contribution in [2.24, 2.45) is 0 Å². The van der Waals surface area contributed by atoms with Crippen LogP contribution in [0.2, 0.25) is 0 Å². The SMILES string of the molecule is Cc1cc(C)cc(NC(=S)Nc2ccc(Oc3ccc(OC(F)(F)F)cc3)cc2)c1. The third-order valence-corrected chi connectivity index (χ3v) is 4.09. The molecule has 0 saturated carbocycles. The minimum atomic E-state index is -4.72. The number of benzene rings is 3. The van der Waals surface area contributed by atoms with E-state index < -0.39 is 6.36 Å². The molecule has 0 spiro atoms. The molecule has 156 valence electrons. The largest absolute Gasteiger partial charge is 0.573 e. The standard InChI is InChI=1S/C22H19F3N2O2S/c1-14-11-15(2)13-17(12-14)27-21(30)26-16-3-5-18(6-4-16)28-19-7-9-20(10-8-19)29-22(23,24)25/h3-13H,1-2H3,(H2,26,27,30). The fourth-order valence-electron chi connectivity index (χ4n) is 2.79. The summed E-state index contributed by atoms with van der Waals surface area (Å²) in [5.74, 6) is 0.606. The summed E-state index contributed by atoms with van der Waals surface area (Å²) < 4.78 is 46.1. The highest BCUT2D eigenvalue weighted by Gasteiger charge is 2.30. The number of alkyl halides is 3. The summed E-state index contributed by atoms with van der Waals surface area (Å²) in [5, 5.41) is 6.69. The van der Waals surface area contributed by atoms with Crippen LogP contribution in [0.1, 0.15) is 11.1 Å². The molecule has 0 heterocycles. The second-order valence-electron chi connectivity index (χ2n) is 6.60. The van der Waals surface area contributed by atoms with Crippen LogP contribution in [0.15, 0.2) is 66.7 Å². The molecule has 0 fully saturated rings. The molecule has 3 aromatic rings. The number of nitrogens with one attached hydrogen (secondary N) is 2. The van der Waals surface area contributed by atoms with Gasteiger partial charge in [0.05, 0.1) is 0 Å². The molecule has 0 amide bonds. The van der Waals surface area contributed by atoms with E-state index in [4.69, 9.17) is 17.0 Å². The first-order chi connectivity index (χ1) is 14.2. The van der Waals surface area contributed by atoms with Crippen LogP contribution < -0.4 is 20.1 Å². The zero-order valence-electron chi connectivity index (χ0n) is 16.2. The van der Waals surface area contributed by atoms with Gasteiger partial charge in [0.1, 0.15) is 17.2 Å². The van der Waals surface area contributed by atoms with Gasteiger partial charge in [0.2, 0.25) is 0 Å². The lowest BCUT2D eigenvalue weighted by atomic mass is 10.1. The van der Waals surface area contributed by atoms with E-state index in [0.29, 0.717) is 16.6 Å². The van der Waals surface area contributed by atoms with Crippen molar-refractivity contribution in [2.45, 2.75) is 20.2 Å². The lowest BCUT2D eigenvalue weighted by Crippen LogP contribution is -2.19. The second-order valence-corrected chi connectivity index (χ2v) is 7.01. The predicted molar refractivity (Wildman–Crippen MR) is 115 cm³/mol. The molecular weight excluding hydrogens is 413 g/mol. The summed E-state index contributed by atoms with van der Waals surface area (Å²) in [6.07, 6.45) is -4.72. The first-order valence-electron chi connectivity index (χ1n) is 8.96. The highest BCUT2D eigenvalue weighted by Crippen LogP contribution is 2.28.